The highest BCUT2D eigenvalue weighted by molar-refractivity contribution is 5.77. The fourth-order valence-electron chi connectivity index (χ4n) is 3.31. The van der Waals surface area contributed by atoms with Gasteiger partial charge in [0.15, 0.2) is 0 Å². The fourth-order valence-corrected chi connectivity index (χ4v) is 3.31. The standard InChI is InChI=1S/C21H32O5/c22-20(25-17-19-13-10-16-24-19)14-15-21(23)26-18-11-8-6-4-2-1-3-5-7-9-12-18/h10,13,16,18H,1-9,11-12,14-15,17H2. The molecule has 146 valence electrons. The van der Waals surface area contributed by atoms with Crippen LogP contribution >= 0.6 is 0 Å². The lowest BCUT2D eigenvalue weighted by molar-refractivity contribution is -0.154. The van der Waals surface area contributed by atoms with E-state index < -0.39 is 5.97 Å². The van der Waals surface area contributed by atoms with Gasteiger partial charge in [0.1, 0.15) is 18.5 Å². The summed E-state index contributed by atoms with van der Waals surface area (Å²) in [6.07, 6.45) is 14.8. The van der Waals surface area contributed by atoms with Crippen molar-refractivity contribution in [2.75, 3.05) is 0 Å². The van der Waals surface area contributed by atoms with Crippen LogP contribution in [-0.4, -0.2) is 18.0 Å². The van der Waals surface area contributed by atoms with Crippen LogP contribution in [0.15, 0.2) is 22.8 Å². The molecule has 26 heavy (non-hydrogen) atoms. The lowest BCUT2D eigenvalue weighted by Gasteiger charge is -2.18. The molecule has 5 nitrogen and oxygen atoms in total. The van der Waals surface area contributed by atoms with Crippen LogP contribution in [-0.2, 0) is 25.7 Å². The number of furan rings is 1. The summed E-state index contributed by atoms with van der Waals surface area (Å²) in [6, 6.07) is 3.48. The molecule has 0 atom stereocenters. The number of hydrogen-bond donors (Lipinski definition) is 0. The highest BCUT2D eigenvalue weighted by Crippen LogP contribution is 2.19. The quantitative estimate of drug-likeness (QED) is 0.639. The van der Waals surface area contributed by atoms with Crippen molar-refractivity contribution in [2.45, 2.75) is 96.2 Å². The third-order valence-electron chi connectivity index (χ3n) is 4.84. The number of carbonyl (C=O) groups is 2. The van der Waals surface area contributed by atoms with E-state index in [0.717, 1.165) is 25.7 Å². The van der Waals surface area contributed by atoms with Gasteiger partial charge in [-0.2, -0.15) is 0 Å². The zero-order valence-electron chi connectivity index (χ0n) is 15.8. The van der Waals surface area contributed by atoms with Gasteiger partial charge in [-0.15, -0.1) is 0 Å². The summed E-state index contributed by atoms with van der Waals surface area (Å²) in [5.74, 6) is -0.108. The molecule has 0 spiro atoms. The van der Waals surface area contributed by atoms with E-state index in [-0.39, 0.29) is 31.5 Å². The molecule has 0 saturated heterocycles. The fraction of sp³-hybridized carbons (Fsp3) is 0.714. The van der Waals surface area contributed by atoms with E-state index in [2.05, 4.69) is 0 Å². The molecule has 1 aromatic heterocycles. The van der Waals surface area contributed by atoms with Crippen LogP contribution in [0, 0.1) is 0 Å². The van der Waals surface area contributed by atoms with Crippen molar-refractivity contribution in [3.8, 4) is 0 Å². The van der Waals surface area contributed by atoms with Crippen molar-refractivity contribution in [1.29, 1.82) is 0 Å². The highest BCUT2D eigenvalue weighted by atomic mass is 16.5. The van der Waals surface area contributed by atoms with Crippen molar-refractivity contribution in [3.63, 3.8) is 0 Å². The van der Waals surface area contributed by atoms with E-state index in [4.69, 9.17) is 13.9 Å². The molecule has 5 heteroatoms. The molecule has 0 radical (unpaired) electrons. The largest absolute Gasteiger partial charge is 0.466 e. The van der Waals surface area contributed by atoms with Gasteiger partial charge in [-0.3, -0.25) is 9.59 Å². The first-order valence-electron chi connectivity index (χ1n) is 10.1. The first-order valence-corrected chi connectivity index (χ1v) is 10.1. The van der Waals surface area contributed by atoms with Gasteiger partial charge in [0.25, 0.3) is 0 Å². The molecule has 1 aliphatic carbocycles. The van der Waals surface area contributed by atoms with Crippen LogP contribution in [0.25, 0.3) is 0 Å². The van der Waals surface area contributed by atoms with Gasteiger partial charge in [0.2, 0.25) is 0 Å². The number of hydrogen-bond acceptors (Lipinski definition) is 5. The summed E-state index contributed by atoms with van der Waals surface area (Å²) in [5.41, 5.74) is 0. The van der Waals surface area contributed by atoms with Gasteiger partial charge in [-0.1, -0.05) is 44.9 Å². The maximum Gasteiger partial charge on any atom is 0.306 e. The van der Waals surface area contributed by atoms with E-state index in [1.165, 1.54) is 51.2 Å². The molecule has 1 saturated carbocycles. The average Bonchev–Trinajstić information content (AvgIpc) is 3.14. The zero-order chi connectivity index (χ0) is 18.5. The zero-order valence-corrected chi connectivity index (χ0v) is 15.8. The Bertz CT molecular complexity index is 496. The van der Waals surface area contributed by atoms with Gasteiger partial charge in [-0.05, 0) is 37.8 Å². The Morgan fingerprint density at radius 1 is 0.885 bits per heavy atom. The van der Waals surface area contributed by atoms with Crippen LogP contribution in [0.1, 0.15) is 89.2 Å². The molecule has 0 N–H and O–H groups in total. The number of esters is 2. The van der Waals surface area contributed by atoms with E-state index in [1.807, 2.05) is 0 Å². The normalized spacial score (nSPS) is 17.7. The molecule has 0 aromatic carbocycles. The van der Waals surface area contributed by atoms with E-state index in [0.29, 0.717) is 5.76 Å². The summed E-state index contributed by atoms with van der Waals surface area (Å²) in [7, 11) is 0. The first kappa shape index (κ1) is 20.5. The Labute approximate surface area is 156 Å². The first-order chi connectivity index (χ1) is 12.7. The maximum atomic E-state index is 12.1. The summed E-state index contributed by atoms with van der Waals surface area (Å²) in [6.45, 7) is 0.101. The van der Waals surface area contributed by atoms with Gasteiger partial charge in [0.05, 0.1) is 19.1 Å². The van der Waals surface area contributed by atoms with Crippen LogP contribution in [0.3, 0.4) is 0 Å². The third kappa shape index (κ3) is 9.07. The number of rotatable bonds is 6. The van der Waals surface area contributed by atoms with E-state index in [1.54, 1.807) is 12.1 Å². The molecule has 1 aliphatic rings. The Kier molecular flexibility index (Phi) is 9.91. The Hall–Kier alpha value is -1.78. The van der Waals surface area contributed by atoms with Gasteiger partial charge >= 0.3 is 11.9 Å². The van der Waals surface area contributed by atoms with Gasteiger partial charge in [-0.25, -0.2) is 0 Å². The van der Waals surface area contributed by atoms with Crippen molar-refractivity contribution in [2.24, 2.45) is 0 Å². The van der Waals surface area contributed by atoms with E-state index >= 15 is 0 Å². The predicted molar refractivity (Wildman–Crippen MR) is 98.4 cm³/mol. The maximum absolute atomic E-state index is 12.1. The Balaban J connectivity index is 1.64. The summed E-state index contributed by atoms with van der Waals surface area (Å²) < 4.78 is 15.8. The minimum atomic E-state index is -0.406. The van der Waals surface area contributed by atoms with Gasteiger partial charge in [0, 0.05) is 0 Å². The summed E-state index contributed by atoms with van der Waals surface area (Å²) >= 11 is 0. The predicted octanol–water partition coefficient (Wildman–Crippen LogP) is 5.32. The summed E-state index contributed by atoms with van der Waals surface area (Å²) in [4.78, 5) is 23.8. The lowest BCUT2D eigenvalue weighted by atomic mass is 9.99. The molecule has 0 aliphatic heterocycles. The van der Waals surface area contributed by atoms with Crippen LogP contribution in [0.2, 0.25) is 0 Å². The van der Waals surface area contributed by atoms with Crippen molar-refractivity contribution in [3.05, 3.63) is 24.2 Å². The second kappa shape index (κ2) is 12.6. The number of ether oxygens (including phenoxy) is 2. The second-order valence-electron chi connectivity index (χ2n) is 7.11. The SMILES string of the molecule is O=C(CCC(=O)OC1CCCCCCCCCCC1)OCc1ccco1. The Morgan fingerprint density at radius 2 is 1.46 bits per heavy atom. The van der Waals surface area contributed by atoms with Crippen molar-refractivity contribution >= 4 is 11.9 Å². The molecule has 1 aromatic rings. The molecule has 1 fully saturated rings. The van der Waals surface area contributed by atoms with Crippen LogP contribution in [0.5, 0.6) is 0 Å². The average molecular weight is 364 g/mol. The molecule has 0 amide bonds. The number of carbonyl (C=O) groups excluding carboxylic acids is 2. The molecule has 0 bridgehead atoms. The molecule has 1 heterocycles. The molecule has 0 unspecified atom stereocenters. The smallest absolute Gasteiger partial charge is 0.306 e. The molecule has 2 rings (SSSR count). The van der Waals surface area contributed by atoms with E-state index in [9.17, 15) is 9.59 Å². The molecular formula is C21H32O5. The second-order valence-corrected chi connectivity index (χ2v) is 7.11. The van der Waals surface area contributed by atoms with Crippen LogP contribution < -0.4 is 0 Å². The topological polar surface area (TPSA) is 65.7 Å². The minimum Gasteiger partial charge on any atom is -0.466 e. The van der Waals surface area contributed by atoms with Crippen molar-refractivity contribution in [1.82, 2.24) is 0 Å². The summed E-state index contributed by atoms with van der Waals surface area (Å²) in [5, 5.41) is 0. The lowest BCUT2D eigenvalue weighted by Crippen LogP contribution is -2.19. The van der Waals surface area contributed by atoms with Crippen LogP contribution in [0.4, 0.5) is 0 Å². The Morgan fingerprint density at radius 3 is 2.04 bits per heavy atom. The monoisotopic (exact) mass is 364 g/mol. The highest BCUT2D eigenvalue weighted by Gasteiger charge is 2.16. The molecular weight excluding hydrogens is 332 g/mol. The third-order valence-corrected chi connectivity index (χ3v) is 4.84. The van der Waals surface area contributed by atoms with Crippen molar-refractivity contribution < 1.29 is 23.5 Å². The minimum absolute atomic E-state index is 0.000987. The van der Waals surface area contributed by atoms with Gasteiger partial charge < -0.3 is 13.9 Å².